The molecule has 0 atom stereocenters. The topological polar surface area (TPSA) is 49.4 Å². The predicted molar refractivity (Wildman–Crippen MR) is 101 cm³/mol. The van der Waals surface area contributed by atoms with Gasteiger partial charge in [-0.15, -0.1) is 0 Å². The van der Waals surface area contributed by atoms with Crippen molar-refractivity contribution in [1.82, 2.24) is 10.2 Å². The van der Waals surface area contributed by atoms with Crippen molar-refractivity contribution in [2.45, 2.75) is 31.7 Å². The van der Waals surface area contributed by atoms with Gasteiger partial charge in [-0.1, -0.05) is 18.2 Å². The second-order valence-corrected chi connectivity index (χ2v) is 7.61. The summed E-state index contributed by atoms with van der Waals surface area (Å²) in [5.74, 6) is -0.268. The lowest BCUT2D eigenvalue weighted by molar-refractivity contribution is -0.124. The molecule has 2 aliphatic rings. The summed E-state index contributed by atoms with van der Waals surface area (Å²) in [6.07, 6.45) is 2.01. The first-order valence-corrected chi connectivity index (χ1v) is 9.38. The molecule has 0 bridgehead atoms. The number of benzene rings is 2. The molecule has 0 radical (unpaired) electrons. The van der Waals surface area contributed by atoms with Gasteiger partial charge >= 0.3 is 0 Å². The van der Waals surface area contributed by atoms with Crippen molar-refractivity contribution in [3.05, 3.63) is 70.5 Å². The third kappa shape index (κ3) is 3.39. The van der Waals surface area contributed by atoms with E-state index in [1.54, 1.807) is 0 Å². The van der Waals surface area contributed by atoms with Gasteiger partial charge in [-0.25, -0.2) is 4.39 Å². The summed E-state index contributed by atoms with van der Waals surface area (Å²) in [7, 11) is 0. The Morgan fingerprint density at radius 1 is 1.15 bits per heavy atom. The van der Waals surface area contributed by atoms with E-state index in [9.17, 15) is 14.0 Å². The quantitative estimate of drug-likeness (QED) is 0.850. The fourth-order valence-corrected chi connectivity index (χ4v) is 4.34. The highest BCUT2D eigenvalue weighted by Gasteiger charge is 2.42. The molecule has 1 saturated heterocycles. The number of fused-ring (bicyclic) bond motifs is 2. The largest absolute Gasteiger partial charge is 0.346 e. The van der Waals surface area contributed by atoms with Gasteiger partial charge in [-0.05, 0) is 60.7 Å². The first-order chi connectivity index (χ1) is 13.0. The Kier molecular flexibility index (Phi) is 4.56. The lowest BCUT2D eigenvalue weighted by atomic mass is 9.74. The zero-order valence-electron chi connectivity index (χ0n) is 15.4. The molecule has 2 aromatic carbocycles. The van der Waals surface area contributed by atoms with Gasteiger partial charge in [-0.3, -0.25) is 14.5 Å². The Bertz CT molecular complexity index is 884. The maximum Gasteiger partial charge on any atom is 0.225 e. The zero-order valence-corrected chi connectivity index (χ0v) is 15.4. The highest BCUT2D eigenvalue weighted by Crippen LogP contribution is 2.38. The predicted octanol–water partition coefficient (Wildman–Crippen LogP) is 2.98. The second-order valence-electron chi connectivity index (χ2n) is 7.61. The molecule has 1 spiro atoms. The molecule has 140 valence electrons. The number of Topliss-reactive ketones (excluding diaryl/α,β-unsaturated/α-hetero) is 1. The van der Waals surface area contributed by atoms with E-state index >= 15 is 0 Å². The summed E-state index contributed by atoms with van der Waals surface area (Å²) in [6, 6.07) is 11.9. The summed E-state index contributed by atoms with van der Waals surface area (Å²) in [6.45, 7) is 3.85. The molecule has 0 aliphatic carbocycles. The molecular formula is C22H23FN2O2. The Morgan fingerprint density at radius 3 is 2.56 bits per heavy atom. The van der Waals surface area contributed by atoms with Gasteiger partial charge < -0.3 is 5.32 Å². The highest BCUT2D eigenvalue weighted by atomic mass is 19.1. The number of rotatable bonds is 3. The number of hydrogen-bond donors (Lipinski definition) is 1. The zero-order chi connectivity index (χ0) is 19.0. The van der Waals surface area contributed by atoms with Crippen molar-refractivity contribution in [2.24, 2.45) is 0 Å². The minimum Gasteiger partial charge on any atom is -0.346 e. The smallest absolute Gasteiger partial charge is 0.225 e. The fourth-order valence-electron chi connectivity index (χ4n) is 4.34. The van der Waals surface area contributed by atoms with E-state index in [0.717, 1.165) is 37.1 Å². The van der Waals surface area contributed by atoms with Crippen LogP contribution in [0.1, 0.15) is 39.9 Å². The molecule has 0 saturated carbocycles. The van der Waals surface area contributed by atoms with Crippen molar-refractivity contribution in [3.8, 4) is 0 Å². The number of aryl methyl sites for hydroxylation is 1. The molecule has 4 nitrogen and oxygen atoms in total. The van der Waals surface area contributed by atoms with Crippen LogP contribution in [0.5, 0.6) is 0 Å². The molecule has 0 aromatic heterocycles. The van der Waals surface area contributed by atoms with Gasteiger partial charge in [0.1, 0.15) is 5.82 Å². The van der Waals surface area contributed by atoms with E-state index in [1.807, 2.05) is 0 Å². The van der Waals surface area contributed by atoms with Crippen LogP contribution in [0.3, 0.4) is 0 Å². The van der Waals surface area contributed by atoms with Crippen LogP contribution < -0.4 is 5.32 Å². The number of ketones is 1. The van der Waals surface area contributed by atoms with Crippen LogP contribution in [0.4, 0.5) is 4.39 Å². The molecule has 0 unspecified atom stereocenters. The van der Waals surface area contributed by atoms with Gasteiger partial charge in [0, 0.05) is 18.7 Å². The lowest BCUT2D eigenvalue weighted by Gasteiger charge is -2.46. The number of likely N-dealkylation sites (tertiary alicyclic amines) is 1. The first kappa shape index (κ1) is 17.9. The molecule has 1 fully saturated rings. The summed E-state index contributed by atoms with van der Waals surface area (Å²) < 4.78 is 13.0. The van der Waals surface area contributed by atoms with E-state index in [0.29, 0.717) is 18.5 Å². The minimum atomic E-state index is -0.339. The number of carbonyl (C=O) groups is 2. The number of nitrogens with one attached hydrogen (secondary N) is 1. The highest BCUT2D eigenvalue weighted by molar-refractivity contribution is 5.97. The Labute approximate surface area is 158 Å². The van der Waals surface area contributed by atoms with Crippen molar-refractivity contribution < 1.29 is 14.0 Å². The molecule has 27 heavy (non-hydrogen) atoms. The molecule has 4 rings (SSSR count). The van der Waals surface area contributed by atoms with Crippen LogP contribution in [-0.4, -0.2) is 36.2 Å². The number of halogens is 1. The second kappa shape index (κ2) is 6.89. The lowest BCUT2D eigenvalue weighted by Crippen LogP contribution is -2.56. The van der Waals surface area contributed by atoms with Crippen LogP contribution in [0.2, 0.25) is 0 Å². The average Bonchev–Trinajstić information content (AvgIpc) is 2.65. The van der Waals surface area contributed by atoms with E-state index in [-0.39, 0.29) is 23.0 Å². The molecule has 1 amide bonds. The molecule has 2 aromatic rings. The third-order valence-electron chi connectivity index (χ3n) is 5.88. The molecular weight excluding hydrogens is 343 g/mol. The standard InChI is InChI=1S/C22H23FN2O2/c1-15-3-2-4-19-18(15)13-21(27)24-22(19)9-11-25(12-10-22)14-20(26)16-5-7-17(23)8-6-16/h2-8H,9-14H2,1H3,(H,24,27). The average molecular weight is 366 g/mol. The number of hydrogen-bond acceptors (Lipinski definition) is 3. The summed E-state index contributed by atoms with van der Waals surface area (Å²) in [5, 5.41) is 3.23. The minimum absolute atomic E-state index is 0.00475. The van der Waals surface area contributed by atoms with Crippen molar-refractivity contribution >= 4 is 11.7 Å². The number of piperidine rings is 1. The van der Waals surface area contributed by atoms with Gasteiger partial charge in [0.15, 0.2) is 5.78 Å². The number of carbonyl (C=O) groups excluding carboxylic acids is 2. The maximum absolute atomic E-state index is 13.0. The van der Waals surface area contributed by atoms with Crippen molar-refractivity contribution in [3.63, 3.8) is 0 Å². The summed E-state index contributed by atoms with van der Waals surface area (Å²) in [5.41, 5.74) is 3.74. The monoisotopic (exact) mass is 366 g/mol. The molecule has 2 aliphatic heterocycles. The number of amides is 1. The van der Waals surface area contributed by atoms with E-state index in [1.165, 1.54) is 29.8 Å². The Hall–Kier alpha value is -2.53. The van der Waals surface area contributed by atoms with Crippen LogP contribution in [-0.2, 0) is 16.8 Å². The van der Waals surface area contributed by atoms with E-state index in [2.05, 4.69) is 35.3 Å². The van der Waals surface area contributed by atoms with Crippen LogP contribution in [0.15, 0.2) is 42.5 Å². The van der Waals surface area contributed by atoms with Crippen LogP contribution >= 0.6 is 0 Å². The maximum atomic E-state index is 13.0. The van der Waals surface area contributed by atoms with Gasteiger partial charge in [0.2, 0.25) is 5.91 Å². The molecule has 5 heteroatoms. The summed E-state index contributed by atoms with van der Waals surface area (Å²) in [4.78, 5) is 26.9. The Morgan fingerprint density at radius 2 is 1.85 bits per heavy atom. The molecule has 2 heterocycles. The third-order valence-corrected chi connectivity index (χ3v) is 5.88. The van der Waals surface area contributed by atoms with E-state index in [4.69, 9.17) is 0 Å². The van der Waals surface area contributed by atoms with Crippen molar-refractivity contribution in [1.29, 1.82) is 0 Å². The van der Waals surface area contributed by atoms with Gasteiger partial charge in [-0.2, -0.15) is 0 Å². The summed E-state index contributed by atoms with van der Waals surface area (Å²) >= 11 is 0. The fraction of sp³-hybridized carbons (Fsp3) is 0.364. The SMILES string of the molecule is Cc1cccc2c1CC(=O)NC21CCN(CC(=O)c2ccc(F)cc2)CC1. The molecule has 1 N–H and O–H groups in total. The first-order valence-electron chi connectivity index (χ1n) is 9.38. The Balaban J connectivity index is 1.48. The van der Waals surface area contributed by atoms with Gasteiger partial charge in [0.25, 0.3) is 0 Å². The number of nitrogens with zero attached hydrogens (tertiary/aromatic N) is 1. The van der Waals surface area contributed by atoms with Crippen LogP contribution in [0, 0.1) is 12.7 Å². The van der Waals surface area contributed by atoms with Gasteiger partial charge in [0.05, 0.1) is 18.5 Å². The van der Waals surface area contributed by atoms with Crippen LogP contribution in [0.25, 0.3) is 0 Å². The van der Waals surface area contributed by atoms with Crippen molar-refractivity contribution in [2.75, 3.05) is 19.6 Å². The van der Waals surface area contributed by atoms with E-state index < -0.39 is 0 Å². The normalized spacial score (nSPS) is 18.8.